The van der Waals surface area contributed by atoms with Gasteiger partial charge in [-0.25, -0.2) is 0 Å². The van der Waals surface area contributed by atoms with Gasteiger partial charge in [-0.05, 0) is 88.5 Å². The molecule has 23 heavy (non-hydrogen) atoms. The molecule has 0 radical (unpaired) electrons. The molecule has 1 atom stereocenters. The Bertz CT molecular complexity index is 508. The SMILES string of the molecule is CCCN(C1CCN(C)CC1)C1CCc2ccc(OC)cc2C1. The number of piperidine rings is 1. The lowest BCUT2D eigenvalue weighted by Gasteiger charge is -2.43. The van der Waals surface area contributed by atoms with E-state index in [1.54, 1.807) is 7.11 Å². The number of ether oxygens (including phenoxy) is 1. The van der Waals surface area contributed by atoms with Crippen molar-refractivity contribution in [2.24, 2.45) is 0 Å². The van der Waals surface area contributed by atoms with Gasteiger partial charge in [0.25, 0.3) is 0 Å². The van der Waals surface area contributed by atoms with Gasteiger partial charge < -0.3 is 9.64 Å². The number of likely N-dealkylation sites (tertiary alicyclic amines) is 1. The minimum atomic E-state index is 0.711. The van der Waals surface area contributed by atoms with Crippen LogP contribution < -0.4 is 4.74 Å². The Morgan fingerprint density at radius 1 is 1.13 bits per heavy atom. The number of methoxy groups -OCH3 is 1. The van der Waals surface area contributed by atoms with Crippen LogP contribution in [0.25, 0.3) is 0 Å². The molecule has 2 aliphatic rings. The molecule has 0 bridgehead atoms. The molecule has 128 valence electrons. The van der Waals surface area contributed by atoms with Gasteiger partial charge in [0, 0.05) is 12.1 Å². The van der Waals surface area contributed by atoms with Gasteiger partial charge in [0.1, 0.15) is 5.75 Å². The number of fused-ring (bicyclic) bond motifs is 1. The minimum Gasteiger partial charge on any atom is -0.497 e. The van der Waals surface area contributed by atoms with Crippen molar-refractivity contribution in [2.45, 2.75) is 57.5 Å². The highest BCUT2D eigenvalue weighted by molar-refractivity contribution is 5.38. The number of aryl methyl sites for hydroxylation is 1. The molecule has 3 heteroatoms. The molecule has 1 saturated heterocycles. The fraction of sp³-hybridized carbons (Fsp3) is 0.700. The van der Waals surface area contributed by atoms with Crippen LogP contribution in [0, 0.1) is 0 Å². The standard InChI is InChI=1S/C20H32N2O/c1-4-11-22(18-9-12-21(2)13-10-18)19-7-5-16-6-8-20(23-3)15-17(16)14-19/h6,8,15,18-19H,4-5,7,9-14H2,1-3H3. The van der Waals surface area contributed by atoms with Gasteiger partial charge in [-0.3, -0.25) is 4.90 Å². The third-order valence-corrected chi connectivity index (χ3v) is 5.72. The zero-order valence-electron chi connectivity index (χ0n) is 15.1. The first kappa shape index (κ1) is 16.8. The quantitative estimate of drug-likeness (QED) is 0.828. The highest BCUT2D eigenvalue weighted by atomic mass is 16.5. The Kier molecular flexibility index (Phi) is 5.60. The maximum atomic E-state index is 5.43. The summed E-state index contributed by atoms with van der Waals surface area (Å²) in [5.41, 5.74) is 3.04. The summed E-state index contributed by atoms with van der Waals surface area (Å²) in [4.78, 5) is 5.32. The molecule has 3 nitrogen and oxygen atoms in total. The molecule has 0 amide bonds. The Hall–Kier alpha value is -1.06. The minimum absolute atomic E-state index is 0.711. The highest BCUT2D eigenvalue weighted by Crippen LogP contribution is 2.30. The Morgan fingerprint density at radius 2 is 1.91 bits per heavy atom. The van der Waals surface area contributed by atoms with Crippen LogP contribution >= 0.6 is 0 Å². The van der Waals surface area contributed by atoms with Crippen LogP contribution in [0.4, 0.5) is 0 Å². The highest BCUT2D eigenvalue weighted by Gasteiger charge is 2.30. The molecular formula is C20H32N2O. The van der Waals surface area contributed by atoms with Crippen molar-refractivity contribution in [2.75, 3.05) is 33.8 Å². The average Bonchev–Trinajstić information content (AvgIpc) is 2.59. The Balaban J connectivity index is 1.73. The van der Waals surface area contributed by atoms with Crippen molar-refractivity contribution in [3.63, 3.8) is 0 Å². The zero-order valence-corrected chi connectivity index (χ0v) is 15.1. The molecule has 1 aliphatic carbocycles. The van der Waals surface area contributed by atoms with Crippen LogP contribution in [0.3, 0.4) is 0 Å². The predicted molar refractivity (Wildman–Crippen MR) is 96.3 cm³/mol. The molecule has 1 aliphatic heterocycles. The van der Waals surface area contributed by atoms with E-state index in [1.807, 2.05) is 0 Å². The van der Waals surface area contributed by atoms with E-state index in [4.69, 9.17) is 4.74 Å². The van der Waals surface area contributed by atoms with Crippen LogP contribution in [-0.4, -0.2) is 55.7 Å². The summed E-state index contributed by atoms with van der Waals surface area (Å²) in [5.74, 6) is 1.01. The molecule has 1 aromatic rings. The average molecular weight is 316 g/mol. The van der Waals surface area contributed by atoms with Crippen molar-refractivity contribution in [3.8, 4) is 5.75 Å². The second-order valence-electron chi connectivity index (χ2n) is 7.30. The maximum absolute atomic E-state index is 5.43. The fourth-order valence-corrected chi connectivity index (χ4v) is 4.37. The lowest BCUT2D eigenvalue weighted by molar-refractivity contribution is 0.0742. The molecule has 1 aromatic carbocycles. The van der Waals surface area contributed by atoms with E-state index in [-0.39, 0.29) is 0 Å². The van der Waals surface area contributed by atoms with Gasteiger partial charge >= 0.3 is 0 Å². The smallest absolute Gasteiger partial charge is 0.119 e. The van der Waals surface area contributed by atoms with E-state index < -0.39 is 0 Å². The van der Waals surface area contributed by atoms with E-state index in [2.05, 4.69) is 42.0 Å². The normalized spacial score (nSPS) is 23.0. The lowest BCUT2D eigenvalue weighted by Crippen LogP contribution is -2.50. The fourth-order valence-electron chi connectivity index (χ4n) is 4.37. The van der Waals surface area contributed by atoms with Gasteiger partial charge in [-0.15, -0.1) is 0 Å². The van der Waals surface area contributed by atoms with Gasteiger partial charge in [-0.2, -0.15) is 0 Å². The third-order valence-electron chi connectivity index (χ3n) is 5.72. The molecule has 0 aromatic heterocycles. The van der Waals surface area contributed by atoms with Gasteiger partial charge in [0.15, 0.2) is 0 Å². The van der Waals surface area contributed by atoms with Crippen molar-refractivity contribution in [1.29, 1.82) is 0 Å². The first-order valence-electron chi connectivity index (χ1n) is 9.31. The summed E-state index contributed by atoms with van der Waals surface area (Å²) in [6, 6.07) is 8.14. The number of hydrogen-bond acceptors (Lipinski definition) is 3. The molecule has 1 heterocycles. The van der Waals surface area contributed by atoms with Crippen LogP contribution in [0.15, 0.2) is 18.2 Å². The third kappa shape index (κ3) is 3.89. The lowest BCUT2D eigenvalue weighted by atomic mass is 9.86. The monoisotopic (exact) mass is 316 g/mol. The van der Waals surface area contributed by atoms with Crippen LogP contribution in [0.1, 0.15) is 43.7 Å². The second kappa shape index (κ2) is 7.67. The van der Waals surface area contributed by atoms with Crippen molar-refractivity contribution >= 4 is 0 Å². The second-order valence-corrected chi connectivity index (χ2v) is 7.30. The van der Waals surface area contributed by atoms with E-state index in [1.165, 1.54) is 69.3 Å². The molecule has 3 rings (SSSR count). The largest absolute Gasteiger partial charge is 0.497 e. The molecule has 0 N–H and O–H groups in total. The topological polar surface area (TPSA) is 15.7 Å². The van der Waals surface area contributed by atoms with E-state index in [0.717, 1.165) is 11.8 Å². The summed E-state index contributed by atoms with van der Waals surface area (Å²) in [6.07, 6.45) is 7.64. The van der Waals surface area contributed by atoms with Crippen molar-refractivity contribution in [1.82, 2.24) is 9.80 Å². The van der Waals surface area contributed by atoms with Crippen molar-refractivity contribution in [3.05, 3.63) is 29.3 Å². The maximum Gasteiger partial charge on any atom is 0.119 e. The first-order valence-corrected chi connectivity index (χ1v) is 9.31. The number of rotatable bonds is 5. The molecule has 0 saturated carbocycles. The zero-order chi connectivity index (χ0) is 16.2. The molecule has 1 fully saturated rings. The van der Waals surface area contributed by atoms with Gasteiger partial charge in [-0.1, -0.05) is 13.0 Å². The van der Waals surface area contributed by atoms with Crippen molar-refractivity contribution < 1.29 is 4.74 Å². The molecule has 0 spiro atoms. The van der Waals surface area contributed by atoms with Crippen LogP contribution in [0.2, 0.25) is 0 Å². The van der Waals surface area contributed by atoms with Crippen LogP contribution in [0.5, 0.6) is 5.75 Å². The summed E-state index contributed by atoms with van der Waals surface area (Å²) >= 11 is 0. The predicted octanol–water partition coefficient (Wildman–Crippen LogP) is 3.36. The first-order chi connectivity index (χ1) is 11.2. The van der Waals surface area contributed by atoms with E-state index in [9.17, 15) is 0 Å². The summed E-state index contributed by atoms with van der Waals surface area (Å²) in [6.45, 7) is 6.07. The molecular weight excluding hydrogens is 284 g/mol. The van der Waals surface area contributed by atoms with E-state index in [0.29, 0.717) is 6.04 Å². The summed E-state index contributed by atoms with van der Waals surface area (Å²) < 4.78 is 5.43. The molecule has 1 unspecified atom stereocenters. The number of benzene rings is 1. The number of nitrogens with zero attached hydrogens (tertiary/aromatic N) is 2. The Morgan fingerprint density at radius 3 is 2.61 bits per heavy atom. The summed E-state index contributed by atoms with van der Waals surface area (Å²) in [7, 11) is 4.02. The van der Waals surface area contributed by atoms with Gasteiger partial charge in [0.2, 0.25) is 0 Å². The summed E-state index contributed by atoms with van der Waals surface area (Å²) in [5, 5.41) is 0. The van der Waals surface area contributed by atoms with Crippen LogP contribution in [-0.2, 0) is 12.8 Å². The van der Waals surface area contributed by atoms with Gasteiger partial charge in [0.05, 0.1) is 7.11 Å². The Labute approximate surface area is 141 Å². The number of hydrogen-bond donors (Lipinski definition) is 0. The van der Waals surface area contributed by atoms with E-state index >= 15 is 0 Å².